The number of nitrogens with one attached hydrogen (secondary N) is 1. The number of hydroxylamine groups is 1. The highest BCUT2D eigenvalue weighted by atomic mass is 19.4. The van der Waals surface area contributed by atoms with Crippen LogP contribution in [0, 0.1) is 5.92 Å². The van der Waals surface area contributed by atoms with Crippen LogP contribution >= 0.6 is 0 Å². The molecule has 0 spiro atoms. The van der Waals surface area contributed by atoms with Gasteiger partial charge in [0.2, 0.25) is 5.91 Å². The number of hydrogen-bond acceptors (Lipinski definition) is 3. The number of amides is 2. The first-order valence-electron chi connectivity index (χ1n) is 7.18. The average molecular weight is 308 g/mol. The van der Waals surface area contributed by atoms with Crippen LogP contribution in [0.5, 0.6) is 0 Å². The predicted octanol–water partition coefficient (Wildman–Crippen LogP) is 1.78. The summed E-state index contributed by atoms with van der Waals surface area (Å²) in [4.78, 5) is 29.4. The third kappa shape index (κ3) is 4.59. The molecule has 0 aromatic rings. The molecule has 1 N–H and O–H groups in total. The minimum atomic E-state index is -4.43. The molecule has 0 aromatic heterocycles. The van der Waals surface area contributed by atoms with E-state index in [9.17, 15) is 22.8 Å². The Balaban J connectivity index is 1.82. The molecule has 2 aliphatic rings. The highest BCUT2D eigenvalue weighted by molar-refractivity contribution is 5.82. The quantitative estimate of drug-likeness (QED) is 0.805. The summed E-state index contributed by atoms with van der Waals surface area (Å²) in [6.45, 7) is -1.21. The van der Waals surface area contributed by atoms with Gasteiger partial charge in [0.15, 0.2) is 6.10 Å². The van der Waals surface area contributed by atoms with E-state index in [4.69, 9.17) is 4.84 Å². The second-order valence-electron chi connectivity index (χ2n) is 5.57. The van der Waals surface area contributed by atoms with Gasteiger partial charge in [-0.25, -0.2) is 5.48 Å². The largest absolute Gasteiger partial charge is 0.406 e. The summed E-state index contributed by atoms with van der Waals surface area (Å²) in [6, 6.07) is 0. The monoisotopic (exact) mass is 308 g/mol. The number of piperidine rings is 1. The van der Waals surface area contributed by atoms with E-state index < -0.39 is 24.7 Å². The lowest BCUT2D eigenvalue weighted by molar-refractivity contribution is -0.178. The van der Waals surface area contributed by atoms with E-state index in [2.05, 4.69) is 5.48 Å². The Kier molecular flexibility index (Phi) is 5.08. The zero-order valence-corrected chi connectivity index (χ0v) is 11.6. The number of carbonyl (C=O) groups is 2. The van der Waals surface area contributed by atoms with Gasteiger partial charge >= 0.3 is 6.18 Å². The van der Waals surface area contributed by atoms with Crippen LogP contribution in [-0.2, 0) is 14.4 Å². The van der Waals surface area contributed by atoms with Crippen LogP contribution in [0.4, 0.5) is 13.2 Å². The summed E-state index contributed by atoms with van der Waals surface area (Å²) >= 11 is 0. The van der Waals surface area contributed by atoms with Gasteiger partial charge in [-0.3, -0.25) is 14.4 Å². The maximum absolute atomic E-state index is 12.4. The van der Waals surface area contributed by atoms with Crippen LogP contribution in [0.15, 0.2) is 0 Å². The molecular formula is C13H19F3N2O3. The van der Waals surface area contributed by atoms with Crippen molar-refractivity contribution >= 4 is 11.8 Å². The van der Waals surface area contributed by atoms with Gasteiger partial charge in [-0.1, -0.05) is 12.8 Å². The Morgan fingerprint density at radius 3 is 2.52 bits per heavy atom. The smallest absolute Gasteiger partial charge is 0.331 e. The standard InChI is InChI=1S/C13H19F3N2O3/c14-13(15,16)8-18-7-3-6-10(12(18)20)21-17-11(19)9-4-1-2-5-9/h9-10H,1-8H2,(H,17,19)/t10-/m1/s1. The molecule has 2 rings (SSSR count). The van der Waals surface area contributed by atoms with Crippen molar-refractivity contribution in [3.8, 4) is 0 Å². The molecule has 1 heterocycles. The number of halogens is 3. The molecule has 0 unspecified atom stereocenters. The number of rotatable bonds is 4. The van der Waals surface area contributed by atoms with Gasteiger partial charge in [-0.15, -0.1) is 0 Å². The zero-order chi connectivity index (χ0) is 15.5. The Hall–Kier alpha value is -1.31. The molecule has 2 amide bonds. The van der Waals surface area contributed by atoms with Crippen LogP contribution in [0.3, 0.4) is 0 Å². The van der Waals surface area contributed by atoms with Crippen molar-refractivity contribution in [1.29, 1.82) is 0 Å². The molecule has 0 bridgehead atoms. The number of carbonyl (C=O) groups excluding carboxylic acids is 2. The summed E-state index contributed by atoms with van der Waals surface area (Å²) in [7, 11) is 0. The first kappa shape index (κ1) is 16.1. The third-order valence-corrected chi connectivity index (χ3v) is 3.88. The van der Waals surface area contributed by atoms with E-state index in [1.165, 1.54) is 0 Å². The fourth-order valence-corrected chi connectivity index (χ4v) is 2.79. The van der Waals surface area contributed by atoms with Gasteiger partial charge in [0.25, 0.3) is 5.91 Å². The first-order chi connectivity index (χ1) is 9.87. The van der Waals surface area contributed by atoms with Crippen molar-refractivity contribution in [2.45, 2.75) is 50.8 Å². The van der Waals surface area contributed by atoms with E-state index in [0.717, 1.165) is 30.6 Å². The molecule has 0 aromatic carbocycles. The van der Waals surface area contributed by atoms with E-state index >= 15 is 0 Å². The lowest BCUT2D eigenvalue weighted by Gasteiger charge is -2.32. The minimum absolute atomic E-state index is 0.0643. The van der Waals surface area contributed by atoms with Crippen molar-refractivity contribution in [3.63, 3.8) is 0 Å². The van der Waals surface area contributed by atoms with Crippen LogP contribution in [0.2, 0.25) is 0 Å². The van der Waals surface area contributed by atoms with Gasteiger partial charge < -0.3 is 4.90 Å². The summed E-state index contributed by atoms with van der Waals surface area (Å²) < 4.78 is 37.1. The fraction of sp³-hybridized carbons (Fsp3) is 0.846. The second kappa shape index (κ2) is 6.64. The van der Waals surface area contributed by atoms with E-state index in [0.29, 0.717) is 12.8 Å². The summed E-state index contributed by atoms with van der Waals surface area (Å²) in [5.41, 5.74) is 2.24. The van der Waals surface area contributed by atoms with E-state index in [1.807, 2.05) is 0 Å². The molecular weight excluding hydrogens is 289 g/mol. The molecule has 1 aliphatic heterocycles. The van der Waals surface area contributed by atoms with Crippen molar-refractivity contribution in [3.05, 3.63) is 0 Å². The van der Waals surface area contributed by atoms with Crippen LogP contribution in [0.25, 0.3) is 0 Å². The number of nitrogens with zero attached hydrogens (tertiary/aromatic N) is 1. The second-order valence-corrected chi connectivity index (χ2v) is 5.57. The highest BCUT2D eigenvalue weighted by Crippen LogP contribution is 2.25. The Morgan fingerprint density at radius 1 is 1.24 bits per heavy atom. The average Bonchev–Trinajstić information content (AvgIpc) is 2.92. The van der Waals surface area contributed by atoms with Crippen molar-refractivity contribution in [2.24, 2.45) is 5.92 Å². The lowest BCUT2D eigenvalue weighted by atomic mass is 10.1. The Bertz CT molecular complexity index is 395. The number of alkyl halides is 3. The third-order valence-electron chi connectivity index (χ3n) is 3.88. The van der Waals surface area contributed by atoms with Crippen molar-refractivity contribution in [2.75, 3.05) is 13.1 Å². The maximum Gasteiger partial charge on any atom is 0.406 e. The molecule has 120 valence electrons. The van der Waals surface area contributed by atoms with Crippen molar-refractivity contribution in [1.82, 2.24) is 10.4 Å². The zero-order valence-electron chi connectivity index (χ0n) is 11.6. The normalized spacial score (nSPS) is 24.4. The van der Waals surface area contributed by atoms with Gasteiger partial charge in [0, 0.05) is 12.5 Å². The maximum atomic E-state index is 12.4. The molecule has 1 saturated heterocycles. The van der Waals surface area contributed by atoms with E-state index in [1.54, 1.807) is 0 Å². The SMILES string of the molecule is O=C(NO[C@@H]1CCCN(CC(F)(F)F)C1=O)C1CCCC1. The highest BCUT2D eigenvalue weighted by Gasteiger charge is 2.38. The molecule has 1 aliphatic carbocycles. The molecule has 8 heteroatoms. The summed E-state index contributed by atoms with van der Waals surface area (Å²) in [5.74, 6) is -1.12. The van der Waals surface area contributed by atoms with Gasteiger partial charge in [0.1, 0.15) is 6.54 Å². The molecule has 0 radical (unpaired) electrons. The number of likely N-dealkylation sites (tertiary alicyclic amines) is 1. The summed E-state index contributed by atoms with van der Waals surface area (Å²) in [5, 5.41) is 0. The van der Waals surface area contributed by atoms with Crippen LogP contribution < -0.4 is 5.48 Å². The molecule has 1 atom stereocenters. The van der Waals surface area contributed by atoms with Gasteiger partial charge in [0.05, 0.1) is 0 Å². The van der Waals surface area contributed by atoms with Gasteiger partial charge in [-0.05, 0) is 25.7 Å². The number of hydrogen-bond donors (Lipinski definition) is 1. The molecule has 5 nitrogen and oxygen atoms in total. The molecule has 21 heavy (non-hydrogen) atoms. The first-order valence-corrected chi connectivity index (χ1v) is 7.18. The van der Waals surface area contributed by atoms with Crippen molar-refractivity contribution < 1.29 is 27.6 Å². The fourth-order valence-electron chi connectivity index (χ4n) is 2.79. The van der Waals surface area contributed by atoms with Gasteiger partial charge in [-0.2, -0.15) is 13.2 Å². The van der Waals surface area contributed by atoms with E-state index in [-0.39, 0.29) is 18.4 Å². The van der Waals surface area contributed by atoms with Crippen LogP contribution in [0.1, 0.15) is 38.5 Å². The Labute approximate surface area is 120 Å². The predicted molar refractivity (Wildman–Crippen MR) is 66.8 cm³/mol. The minimum Gasteiger partial charge on any atom is -0.331 e. The van der Waals surface area contributed by atoms with Crippen LogP contribution in [-0.4, -0.2) is 42.1 Å². The topological polar surface area (TPSA) is 58.6 Å². The molecule has 1 saturated carbocycles. The molecule has 2 fully saturated rings. The summed E-state index contributed by atoms with van der Waals surface area (Å²) in [6.07, 6.45) is -1.16. The lowest BCUT2D eigenvalue weighted by Crippen LogP contribution is -2.50. The Morgan fingerprint density at radius 2 is 1.90 bits per heavy atom.